The maximum Gasteiger partial charge on any atom is 0.472 e. The minimum Gasteiger partial charge on any atom is -0.462 e. The average Bonchev–Trinajstić information content (AvgIpc) is 3.13. The van der Waals surface area contributed by atoms with Gasteiger partial charge in [-0.3, -0.25) is 18.6 Å². The first kappa shape index (κ1) is 53.5. The van der Waals surface area contributed by atoms with E-state index in [0.717, 1.165) is 57.8 Å². The van der Waals surface area contributed by atoms with E-state index in [4.69, 9.17) is 18.5 Å². The van der Waals surface area contributed by atoms with Crippen molar-refractivity contribution < 1.29 is 42.1 Å². The van der Waals surface area contributed by atoms with Crippen molar-refractivity contribution in [3.05, 3.63) is 24.3 Å². The zero-order chi connectivity index (χ0) is 40.7. The average molecular weight is 801 g/mol. The third kappa shape index (κ3) is 41.9. The Morgan fingerprint density at radius 2 is 0.982 bits per heavy atom. The van der Waals surface area contributed by atoms with Crippen LogP contribution in [0.1, 0.15) is 200 Å². The molecule has 0 aromatic rings. The third-order valence-corrected chi connectivity index (χ3v) is 10.7. The van der Waals surface area contributed by atoms with Crippen molar-refractivity contribution in [1.29, 1.82) is 0 Å². The molecular weight excluding hydrogens is 713 g/mol. The molecule has 10 heteroatoms. The highest BCUT2D eigenvalue weighted by atomic mass is 31.2. The van der Waals surface area contributed by atoms with Crippen molar-refractivity contribution in [3.8, 4) is 0 Å². The fourth-order valence-corrected chi connectivity index (χ4v) is 6.90. The number of allylic oxidation sites excluding steroid dienone is 4. The van der Waals surface area contributed by atoms with E-state index in [1.54, 1.807) is 0 Å². The Morgan fingerprint density at radius 3 is 1.47 bits per heavy atom. The highest BCUT2D eigenvalue weighted by Crippen LogP contribution is 2.43. The van der Waals surface area contributed by atoms with E-state index in [1.165, 1.54) is 109 Å². The molecule has 0 rings (SSSR count). The molecule has 0 aliphatic heterocycles. The molecule has 0 spiro atoms. The molecule has 1 N–H and O–H groups in total. The van der Waals surface area contributed by atoms with E-state index in [1.807, 2.05) is 21.1 Å². The maximum absolute atomic E-state index is 12.7. The number of likely N-dealkylation sites (N-methyl/N-ethyl adjacent to an activating group) is 1. The first-order chi connectivity index (χ1) is 26.5. The van der Waals surface area contributed by atoms with E-state index < -0.39 is 26.5 Å². The number of quaternary nitrogens is 1. The molecule has 0 heterocycles. The molecule has 0 radical (unpaired) electrons. The molecule has 55 heavy (non-hydrogen) atoms. The summed E-state index contributed by atoms with van der Waals surface area (Å²) in [5, 5.41) is 0. The predicted molar refractivity (Wildman–Crippen MR) is 229 cm³/mol. The zero-order valence-corrected chi connectivity index (χ0v) is 37.3. The largest absolute Gasteiger partial charge is 0.472 e. The van der Waals surface area contributed by atoms with Crippen LogP contribution in [0.5, 0.6) is 0 Å². The Hall–Kier alpha value is -1.51. The number of phosphoric acid groups is 1. The monoisotopic (exact) mass is 801 g/mol. The SMILES string of the molecule is CCCCC/C=C/C/C=C/CCCCCCCC(=O)O[C@H](COC(=O)CCCCCCCCCCCCCCCCCC)COP(=O)(O)OCC[N+](C)(C)C. The van der Waals surface area contributed by atoms with Gasteiger partial charge >= 0.3 is 19.8 Å². The molecule has 0 aliphatic rings. The van der Waals surface area contributed by atoms with Gasteiger partial charge in [0.05, 0.1) is 27.7 Å². The molecule has 0 aliphatic carbocycles. The van der Waals surface area contributed by atoms with E-state index in [2.05, 4.69) is 38.2 Å². The fraction of sp³-hybridized carbons (Fsp3) is 0.867. The second-order valence-electron chi connectivity index (χ2n) is 16.4. The van der Waals surface area contributed by atoms with Gasteiger partial charge in [-0.05, 0) is 44.9 Å². The Kier molecular flexibility index (Phi) is 37.0. The van der Waals surface area contributed by atoms with Gasteiger partial charge in [0.2, 0.25) is 0 Å². The molecule has 0 aromatic heterocycles. The van der Waals surface area contributed by atoms with Crippen LogP contribution >= 0.6 is 7.82 Å². The van der Waals surface area contributed by atoms with E-state index in [9.17, 15) is 19.0 Å². The number of ether oxygens (including phenoxy) is 2. The van der Waals surface area contributed by atoms with Gasteiger partial charge in [0.1, 0.15) is 19.8 Å². The van der Waals surface area contributed by atoms with Crippen LogP contribution in [0.2, 0.25) is 0 Å². The van der Waals surface area contributed by atoms with Gasteiger partial charge in [-0.25, -0.2) is 4.57 Å². The first-order valence-electron chi connectivity index (χ1n) is 22.6. The minimum absolute atomic E-state index is 0.0306. The van der Waals surface area contributed by atoms with Crippen LogP contribution in [0.25, 0.3) is 0 Å². The van der Waals surface area contributed by atoms with Crippen molar-refractivity contribution in [2.45, 2.75) is 206 Å². The second-order valence-corrected chi connectivity index (χ2v) is 17.9. The normalized spacial score (nSPS) is 13.8. The number of carbonyl (C=O) groups is 2. The summed E-state index contributed by atoms with van der Waals surface area (Å²) in [6, 6.07) is 0. The molecule has 0 fully saturated rings. The lowest BCUT2D eigenvalue weighted by atomic mass is 10.0. The second kappa shape index (κ2) is 38.0. The Labute approximate surface area is 339 Å². The fourth-order valence-electron chi connectivity index (χ4n) is 6.16. The molecule has 1 unspecified atom stereocenters. The van der Waals surface area contributed by atoms with Crippen molar-refractivity contribution in [1.82, 2.24) is 0 Å². The smallest absolute Gasteiger partial charge is 0.462 e. The number of nitrogens with zero attached hydrogens (tertiary/aromatic N) is 1. The molecular formula is C45H87NO8P+. The van der Waals surface area contributed by atoms with Crippen molar-refractivity contribution in [3.63, 3.8) is 0 Å². The zero-order valence-electron chi connectivity index (χ0n) is 36.4. The number of rotatable bonds is 41. The maximum atomic E-state index is 12.7. The molecule has 324 valence electrons. The van der Waals surface area contributed by atoms with Gasteiger partial charge < -0.3 is 18.9 Å². The lowest BCUT2D eigenvalue weighted by Crippen LogP contribution is -2.37. The summed E-state index contributed by atoms with van der Waals surface area (Å²) in [4.78, 5) is 35.4. The number of carbonyl (C=O) groups excluding carboxylic acids is 2. The summed E-state index contributed by atoms with van der Waals surface area (Å²) in [5.74, 6) is -0.807. The van der Waals surface area contributed by atoms with Crippen LogP contribution in [-0.2, 0) is 32.7 Å². The summed E-state index contributed by atoms with van der Waals surface area (Å²) >= 11 is 0. The molecule has 0 amide bonds. The predicted octanol–water partition coefficient (Wildman–Crippen LogP) is 12.7. The van der Waals surface area contributed by atoms with E-state index in [-0.39, 0.29) is 25.6 Å². The number of hydrogen-bond acceptors (Lipinski definition) is 7. The first-order valence-corrected chi connectivity index (χ1v) is 24.1. The highest BCUT2D eigenvalue weighted by Gasteiger charge is 2.27. The van der Waals surface area contributed by atoms with Crippen molar-refractivity contribution >= 4 is 19.8 Å². The standard InChI is InChI=1S/C45H86NO8P/c1-6-8-10-12-14-16-18-20-22-24-25-27-29-31-33-35-37-44(47)51-41-43(42-53-55(49,50)52-40-39-46(3,4)5)54-45(48)38-36-34-32-30-28-26-23-21-19-17-15-13-11-9-7-2/h15,17,21,23,43H,6-14,16,18-20,22,24-42H2,1-5H3/p+1/b17-15+,23-21+/t43-/m1/s1. The van der Waals surface area contributed by atoms with Crippen LogP contribution in [-0.4, -0.2) is 74.9 Å². The van der Waals surface area contributed by atoms with Crippen LogP contribution < -0.4 is 0 Å². The summed E-state index contributed by atoms with van der Waals surface area (Å²) < 4.78 is 34.3. The quantitative estimate of drug-likeness (QED) is 0.0214. The lowest BCUT2D eigenvalue weighted by Gasteiger charge is -2.24. The molecule has 0 aromatic carbocycles. The van der Waals surface area contributed by atoms with Crippen molar-refractivity contribution in [2.24, 2.45) is 0 Å². The number of hydrogen-bond donors (Lipinski definition) is 1. The molecule has 2 atom stereocenters. The van der Waals surface area contributed by atoms with Crippen LogP contribution in [0.3, 0.4) is 0 Å². The van der Waals surface area contributed by atoms with Crippen LogP contribution in [0, 0.1) is 0 Å². The molecule has 0 saturated carbocycles. The van der Waals surface area contributed by atoms with Gasteiger partial charge in [-0.2, -0.15) is 0 Å². The lowest BCUT2D eigenvalue weighted by molar-refractivity contribution is -0.870. The summed E-state index contributed by atoms with van der Waals surface area (Å²) in [7, 11) is 1.47. The summed E-state index contributed by atoms with van der Waals surface area (Å²) in [6.07, 6.45) is 40.7. The van der Waals surface area contributed by atoms with Gasteiger partial charge in [0, 0.05) is 12.8 Å². The van der Waals surface area contributed by atoms with Crippen LogP contribution in [0.4, 0.5) is 0 Å². The number of unbranched alkanes of at least 4 members (excludes halogenated alkanes) is 23. The third-order valence-electron chi connectivity index (χ3n) is 9.73. The molecule has 0 bridgehead atoms. The minimum atomic E-state index is -4.37. The van der Waals surface area contributed by atoms with Gasteiger partial charge in [-0.1, -0.05) is 167 Å². The molecule has 9 nitrogen and oxygen atoms in total. The van der Waals surface area contributed by atoms with E-state index in [0.29, 0.717) is 23.9 Å². The van der Waals surface area contributed by atoms with E-state index >= 15 is 0 Å². The molecule has 0 saturated heterocycles. The Balaban J connectivity index is 4.34. The van der Waals surface area contributed by atoms with Crippen molar-refractivity contribution in [2.75, 3.05) is 47.5 Å². The topological polar surface area (TPSA) is 108 Å². The Bertz CT molecular complexity index is 996. The van der Waals surface area contributed by atoms with Gasteiger partial charge in [-0.15, -0.1) is 0 Å². The summed E-state index contributed by atoms with van der Waals surface area (Å²) in [5.41, 5.74) is 0. The van der Waals surface area contributed by atoms with Gasteiger partial charge in [0.15, 0.2) is 6.10 Å². The summed E-state index contributed by atoms with van der Waals surface area (Å²) in [6.45, 7) is 4.40. The Morgan fingerprint density at radius 1 is 0.564 bits per heavy atom. The number of phosphoric ester groups is 1. The van der Waals surface area contributed by atoms with Gasteiger partial charge in [0.25, 0.3) is 0 Å². The highest BCUT2D eigenvalue weighted by molar-refractivity contribution is 7.47. The number of esters is 2. The van der Waals surface area contributed by atoms with Crippen LogP contribution in [0.15, 0.2) is 24.3 Å².